The summed E-state index contributed by atoms with van der Waals surface area (Å²) in [5, 5.41) is 0.829. The molecule has 112 valence electrons. The largest absolute Gasteiger partial charge is 0.567 e. The van der Waals surface area contributed by atoms with Crippen molar-refractivity contribution in [3.05, 3.63) is 53.2 Å². The molecule has 0 amide bonds. The van der Waals surface area contributed by atoms with Gasteiger partial charge in [0.2, 0.25) is 11.5 Å². The van der Waals surface area contributed by atoms with Crippen molar-refractivity contribution in [2.75, 3.05) is 7.11 Å². The summed E-state index contributed by atoms with van der Waals surface area (Å²) in [4.78, 5) is 16.6. The number of aromatic nitrogens is 1. The predicted molar refractivity (Wildman–Crippen MR) is 85.5 cm³/mol. The summed E-state index contributed by atoms with van der Waals surface area (Å²) in [6.45, 7) is 0. The highest BCUT2D eigenvalue weighted by Gasteiger charge is 2.25. The van der Waals surface area contributed by atoms with Crippen molar-refractivity contribution in [3.63, 3.8) is 0 Å². The monoisotopic (exact) mass is 333 g/mol. The summed E-state index contributed by atoms with van der Waals surface area (Å²) in [5.41, 5.74) is 1.55. The lowest BCUT2D eigenvalue weighted by Crippen LogP contribution is -2.31. The summed E-state index contributed by atoms with van der Waals surface area (Å²) in [6, 6.07) is 9.72. The Morgan fingerprint density at radius 2 is 2.14 bits per heavy atom. The number of ether oxygens (including phenoxy) is 1. The second-order valence-corrected chi connectivity index (χ2v) is 6.19. The molecule has 0 aliphatic carbocycles. The minimum atomic E-state index is -1.71. The molecule has 0 fully saturated rings. The second-order valence-electron chi connectivity index (χ2n) is 4.27. The van der Waals surface area contributed by atoms with E-state index in [1.807, 2.05) is 30.3 Å². The minimum absolute atomic E-state index is 0.112. The molecule has 6 nitrogen and oxygen atoms in total. The highest BCUT2D eigenvalue weighted by atomic mass is 32.2. The molecule has 2 heterocycles. The topological polar surface area (TPSA) is 86.6 Å². The normalized spacial score (nSPS) is 17.3. The Morgan fingerprint density at radius 3 is 2.86 bits per heavy atom. The van der Waals surface area contributed by atoms with Gasteiger partial charge in [-0.15, -0.1) is 11.3 Å². The van der Waals surface area contributed by atoms with Crippen molar-refractivity contribution >= 4 is 34.6 Å². The molecule has 0 bridgehead atoms. The van der Waals surface area contributed by atoms with Gasteiger partial charge in [-0.2, -0.15) is 4.72 Å². The number of thiazole rings is 1. The summed E-state index contributed by atoms with van der Waals surface area (Å²) >= 11 is -0.295. The summed E-state index contributed by atoms with van der Waals surface area (Å²) in [7, 11) is 1.26. The molecule has 22 heavy (non-hydrogen) atoms. The van der Waals surface area contributed by atoms with E-state index in [0.717, 1.165) is 15.4 Å². The van der Waals surface area contributed by atoms with Crippen molar-refractivity contribution in [1.29, 1.82) is 0 Å². The lowest BCUT2D eigenvalue weighted by molar-refractivity contribution is -0.136. The van der Waals surface area contributed by atoms with Crippen LogP contribution in [-0.4, -0.2) is 28.3 Å². The Kier molecular flexibility index (Phi) is 4.23. The number of carbonyl (C=O) groups is 1. The lowest BCUT2D eigenvalue weighted by atomic mass is 10.2. The summed E-state index contributed by atoms with van der Waals surface area (Å²) in [6.07, 6.45) is 3.16. The van der Waals surface area contributed by atoms with Crippen molar-refractivity contribution in [1.82, 2.24) is 9.71 Å². The van der Waals surface area contributed by atoms with E-state index in [1.165, 1.54) is 24.5 Å². The Hall–Kier alpha value is -2.16. The van der Waals surface area contributed by atoms with Crippen molar-refractivity contribution in [2.45, 2.75) is 0 Å². The quantitative estimate of drug-likeness (QED) is 0.684. The van der Waals surface area contributed by atoms with E-state index in [-0.39, 0.29) is 5.70 Å². The van der Waals surface area contributed by atoms with E-state index in [2.05, 4.69) is 18.8 Å². The summed E-state index contributed by atoms with van der Waals surface area (Å²) < 4.78 is 22.8. The summed E-state index contributed by atoms with van der Waals surface area (Å²) in [5.74, 6) is -0.589. The van der Waals surface area contributed by atoms with Crippen LogP contribution in [0.3, 0.4) is 0 Å². The predicted octanol–water partition coefficient (Wildman–Crippen LogP) is 1.84. The van der Waals surface area contributed by atoms with Crippen LogP contribution in [0, 0.1) is 0 Å². The lowest BCUT2D eigenvalue weighted by Gasteiger charge is -2.12. The van der Waals surface area contributed by atoms with E-state index >= 15 is 0 Å². The van der Waals surface area contributed by atoms with Crippen LogP contribution < -0.4 is 4.72 Å². The first kappa shape index (κ1) is 14.8. The zero-order valence-corrected chi connectivity index (χ0v) is 13.1. The molecule has 1 aromatic heterocycles. The maximum Gasteiger partial charge on any atom is 0.358 e. The third-order valence-electron chi connectivity index (χ3n) is 2.84. The van der Waals surface area contributed by atoms with Gasteiger partial charge in [-0.05, 0) is 4.40 Å². The molecule has 0 spiro atoms. The third kappa shape index (κ3) is 3.03. The fourth-order valence-corrected chi connectivity index (χ4v) is 3.48. The van der Waals surface area contributed by atoms with Crippen LogP contribution in [0.25, 0.3) is 10.6 Å². The number of hydrogen-bond acceptors (Lipinski definition) is 7. The van der Waals surface area contributed by atoms with Gasteiger partial charge in [0.1, 0.15) is 10.7 Å². The number of nitrogens with one attached hydrogen (secondary N) is 1. The number of rotatable bonds is 3. The van der Waals surface area contributed by atoms with Gasteiger partial charge in [-0.1, -0.05) is 30.3 Å². The van der Waals surface area contributed by atoms with Crippen molar-refractivity contribution in [2.24, 2.45) is 4.40 Å². The van der Waals surface area contributed by atoms with Crippen LogP contribution in [0.15, 0.2) is 52.7 Å². The zero-order chi connectivity index (χ0) is 15.5. The molecule has 1 aliphatic heterocycles. The van der Waals surface area contributed by atoms with Crippen LogP contribution >= 0.6 is 11.3 Å². The molecule has 1 N–H and O–H groups in total. The van der Waals surface area contributed by atoms with Gasteiger partial charge in [-0.3, -0.25) is 0 Å². The molecule has 1 atom stereocenters. The Bertz CT molecular complexity index is 756. The van der Waals surface area contributed by atoms with Crippen molar-refractivity contribution < 1.29 is 14.1 Å². The van der Waals surface area contributed by atoms with Crippen LogP contribution in [0.5, 0.6) is 0 Å². The smallest absolute Gasteiger partial charge is 0.358 e. The molecular weight excluding hydrogens is 322 g/mol. The fourth-order valence-electron chi connectivity index (χ4n) is 1.83. The van der Waals surface area contributed by atoms with Gasteiger partial charge in [0.15, 0.2) is 5.70 Å². The van der Waals surface area contributed by atoms with E-state index < -0.39 is 17.5 Å². The Balaban J connectivity index is 1.92. The van der Waals surface area contributed by atoms with Gasteiger partial charge in [-0.25, -0.2) is 9.78 Å². The number of methoxy groups -OCH3 is 1. The Labute approximate surface area is 134 Å². The second kappa shape index (κ2) is 6.30. The first-order chi connectivity index (χ1) is 10.7. The van der Waals surface area contributed by atoms with Crippen LogP contribution in [0.4, 0.5) is 0 Å². The number of benzene rings is 1. The first-order valence-electron chi connectivity index (χ1n) is 6.26. The number of allylic oxidation sites excluding steroid dienone is 1. The number of hydrogen-bond donors (Lipinski definition) is 1. The van der Waals surface area contributed by atoms with E-state index in [9.17, 15) is 9.35 Å². The highest BCUT2D eigenvalue weighted by Crippen LogP contribution is 2.26. The van der Waals surface area contributed by atoms with Crippen LogP contribution in [0.1, 0.15) is 4.88 Å². The molecule has 1 aromatic carbocycles. The highest BCUT2D eigenvalue weighted by molar-refractivity contribution is 7.88. The van der Waals surface area contributed by atoms with E-state index in [1.54, 1.807) is 6.20 Å². The maximum absolute atomic E-state index is 11.7. The minimum Gasteiger partial charge on any atom is -0.567 e. The molecule has 2 aromatic rings. The molecule has 1 unspecified atom stereocenters. The maximum atomic E-state index is 11.7. The average Bonchev–Trinajstić information content (AvgIpc) is 3.04. The molecule has 0 saturated heterocycles. The van der Waals surface area contributed by atoms with Crippen molar-refractivity contribution in [3.8, 4) is 10.6 Å². The fraction of sp³-hybridized carbons (Fsp3) is 0.0714. The van der Waals surface area contributed by atoms with E-state index in [4.69, 9.17) is 0 Å². The van der Waals surface area contributed by atoms with Gasteiger partial charge >= 0.3 is 5.97 Å². The molecule has 3 rings (SSSR count). The van der Waals surface area contributed by atoms with Gasteiger partial charge in [0.05, 0.1) is 12.0 Å². The molecule has 1 aliphatic rings. The number of nitrogens with zero attached hydrogens (tertiary/aromatic N) is 2. The van der Waals surface area contributed by atoms with Gasteiger partial charge in [0.25, 0.3) is 0 Å². The van der Waals surface area contributed by atoms with Crippen LogP contribution in [-0.2, 0) is 21.1 Å². The molecule has 8 heteroatoms. The van der Waals surface area contributed by atoms with E-state index in [0.29, 0.717) is 5.71 Å². The van der Waals surface area contributed by atoms with Gasteiger partial charge in [0, 0.05) is 17.8 Å². The molecule has 0 saturated carbocycles. The standard InChI is InChI=1S/C14H11N3O3S2/c1-20-14(18)11-7-10(16-22(19)17-11)12-8-15-13(21-12)9-5-3-2-4-6-9/h2-8,17H,1H3. The zero-order valence-electron chi connectivity index (χ0n) is 11.5. The molecular formula is C14H11N3O3S2. The average molecular weight is 333 g/mol. The third-order valence-corrected chi connectivity index (χ3v) is 4.67. The van der Waals surface area contributed by atoms with Gasteiger partial charge < -0.3 is 9.29 Å². The SMILES string of the molecule is COC(=O)C1=CC(c2cnc(-c3ccccc3)s2)=N[S+]([O-])N1. The number of carbonyl (C=O) groups excluding carboxylic acids is 1. The Morgan fingerprint density at radius 1 is 1.36 bits per heavy atom. The first-order valence-corrected chi connectivity index (χ1v) is 8.18. The molecule has 0 radical (unpaired) electrons. The van der Waals surface area contributed by atoms with Crippen LogP contribution in [0.2, 0.25) is 0 Å². The number of esters is 1.